The summed E-state index contributed by atoms with van der Waals surface area (Å²) >= 11 is 1.55. The van der Waals surface area contributed by atoms with Crippen LogP contribution in [-0.4, -0.2) is 41.0 Å². The van der Waals surface area contributed by atoms with Gasteiger partial charge in [0.2, 0.25) is 5.91 Å². The minimum absolute atomic E-state index is 0.0795. The molecule has 7 heteroatoms. The van der Waals surface area contributed by atoms with Crippen LogP contribution >= 0.6 is 11.3 Å². The van der Waals surface area contributed by atoms with Crippen LogP contribution in [0.25, 0.3) is 0 Å². The van der Waals surface area contributed by atoms with Crippen molar-refractivity contribution in [1.82, 2.24) is 14.9 Å². The van der Waals surface area contributed by atoms with E-state index in [9.17, 15) is 4.79 Å². The van der Waals surface area contributed by atoms with Gasteiger partial charge in [0.1, 0.15) is 5.75 Å². The number of aromatic nitrogens is 2. The zero-order chi connectivity index (χ0) is 16.9. The number of ether oxygens (including phenoxy) is 1. The van der Waals surface area contributed by atoms with E-state index < -0.39 is 0 Å². The highest BCUT2D eigenvalue weighted by Crippen LogP contribution is 2.25. The Kier molecular flexibility index (Phi) is 5.42. The normalized spacial score (nSPS) is 17.8. The van der Waals surface area contributed by atoms with Crippen LogP contribution in [0.1, 0.15) is 23.9 Å². The molecular formula is C17H22N4O2S. The third-order valence-corrected chi connectivity index (χ3v) is 5.01. The first-order valence-corrected chi connectivity index (χ1v) is 8.87. The van der Waals surface area contributed by atoms with Crippen molar-refractivity contribution in [2.75, 3.05) is 25.5 Å². The second-order valence-corrected chi connectivity index (χ2v) is 7.21. The summed E-state index contributed by atoms with van der Waals surface area (Å²) in [4.78, 5) is 23.4. The van der Waals surface area contributed by atoms with E-state index in [-0.39, 0.29) is 5.91 Å². The van der Waals surface area contributed by atoms with Gasteiger partial charge in [-0.3, -0.25) is 14.7 Å². The molecule has 0 saturated carbocycles. The lowest BCUT2D eigenvalue weighted by atomic mass is 10.0. The molecule has 0 aliphatic carbocycles. The Morgan fingerprint density at radius 3 is 3.00 bits per heavy atom. The standard InChI is InChI=1S/C17H22N4O2S/c1-12(22)20-17-19-9-16(24-17)11-21-6-5-13(10-21)7-14-3-4-15(23-2)8-18-14/h3-4,8-9,13H,5-7,10-11H2,1-2H3,(H,19,20,22). The topological polar surface area (TPSA) is 67.3 Å². The molecule has 1 unspecified atom stereocenters. The molecule has 1 aliphatic rings. The summed E-state index contributed by atoms with van der Waals surface area (Å²) < 4.78 is 5.15. The largest absolute Gasteiger partial charge is 0.495 e. The molecule has 0 spiro atoms. The molecule has 1 amide bonds. The molecule has 3 rings (SSSR count). The number of hydrogen-bond acceptors (Lipinski definition) is 6. The van der Waals surface area contributed by atoms with Gasteiger partial charge in [0.25, 0.3) is 0 Å². The van der Waals surface area contributed by atoms with E-state index in [1.54, 1.807) is 24.6 Å². The molecule has 2 aromatic rings. The number of thiazole rings is 1. The number of carbonyl (C=O) groups is 1. The summed E-state index contributed by atoms with van der Waals surface area (Å²) in [6.45, 7) is 4.55. The fourth-order valence-electron chi connectivity index (χ4n) is 2.98. The van der Waals surface area contributed by atoms with Gasteiger partial charge in [-0.1, -0.05) is 0 Å². The molecule has 1 N–H and O–H groups in total. The van der Waals surface area contributed by atoms with Crippen molar-refractivity contribution in [2.45, 2.75) is 26.3 Å². The monoisotopic (exact) mass is 346 g/mol. The lowest BCUT2D eigenvalue weighted by molar-refractivity contribution is -0.114. The van der Waals surface area contributed by atoms with Crippen LogP contribution in [0, 0.1) is 5.92 Å². The first-order valence-electron chi connectivity index (χ1n) is 8.06. The van der Waals surface area contributed by atoms with Crippen molar-refractivity contribution in [2.24, 2.45) is 5.92 Å². The number of rotatable bonds is 6. The maximum Gasteiger partial charge on any atom is 0.223 e. The molecule has 0 aromatic carbocycles. The Labute approximate surface area is 145 Å². The minimum Gasteiger partial charge on any atom is -0.495 e. The average Bonchev–Trinajstić information content (AvgIpc) is 3.17. The van der Waals surface area contributed by atoms with Gasteiger partial charge in [-0.2, -0.15) is 0 Å². The Morgan fingerprint density at radius 1 is 1.42 bits per heavy atom. The highest BCUT2D eigenvalue weighted by Gasteiger charge is 2.23. The maximum absolute atomic E-state index is 11.1. The Bertz CT molecular complexity index is 686. The van der Waals surface area contributed by atoms with Crippen molar-refractivity contribution in [1.29, 1.82) is 0 Å². The molecule has 1 saturated heterocycles. The summed E-state index contributed by atoms with van der Waals surface area (Å²) in [5.74, 6) is 1.35. The van der Waals surface area contributed by atoms with E-state index in [1.165, 1.54) is 18.2 Å². The van der Waals surface area contributed by atoms with E-state index in [0.29, 0.717) is 11.0 Å². The minimum atomic E-state index is -0.0795. The average molecular weight is 346 g/mol. The molecule has 2 aromatic heterocycles. The van der Waals surface area contributed by atoms with Crippen molar-refractivity contribution in [3.63, 3.8) is 0 Å². The fourth-order valence-corrected chi connectivity index (χ4v) is 3.88. The molecule has 0 bridgehead atoms. The van der Waals surface area contributed by atoms with Crippen molar-refractivity contribution in [3.05, 3.63) is 35.1 Å². The highest BCUT2D eigenvalue weighted by molar-refractivity contribution is 7.15. The van der Waals surface area contributed by atoms with Gasteiger partial charge in [-0.05, 0) is 37.4 Å². The van der Waals surface area contributed by atoms with E-state index >= 15 is 0 Å². The highest BCUT2D eigenvalue weighted by atomic mass is 32.1. The smallest absolute Gasteiger partial charge is 0.223 e. The van der Waals surface area contributed by atoms with Gasteiger partial charge in [0.15, 0.2) is 5.13 Å². The Morgan fingerprint density at radius 2 is 2.29 bits per heavy atom. The van der Waals surface area contributed by atoms with Crippen LogP contribution < -0.4 is 10.1 Å². The molecule has 6 nitrogen and oxygen atoms in total. The van der Waals surface area contributed by atoms with E-state index in [0.717, 1.165) is 37.5 Å². The third-order valence-electron chi connectivity index (χ3n) is 4.12. The number of anilines is 1. The van der Waals surface area contributed by atoms with Gasteiger partial charge in [0, 0.05) is 36.8 Å². The summed E-state index contributed by atoms with van der Waals surface area (Å²) in [6.07, 6.45) is 5.82. The summed E-state index contributed by atoms with van der Waals surface area (Å²) in [5.41, 5.74) is 1.12. The Hall–Kier alpha value is -1.99. The molecule has 24 heavy (non-hydrogen) atoms. The first-order chi connectivity index (χ1) is 11.6. The second-order valence-electron chi connectivity index (χ2n) is 6.10. The number of nitrogens with zero attached hydrogens (tertiary/aromatic N) is 3. The van der Waals surface area contributed by atoms with E-state index in [2.05, 4.69) is 20.2 Å². The number of likely N-dealkylation sites (tertiary alicyclic amines) is 1. The molecule has 1 atom stereocenters. The maximum atomic E-state index is 11.1. The van der Waals surface area contributed by atoms with Gasteiger partial charge < -0.3 is 10.1 Å². The number of carbonyl (C=O) groups excluding carboxylic acids is 1. The zero-order valence-electron chi connectivity index (χ0n) is 14.0. The third kappa shape index (κ3) is 4.52. The SMILES string of the molecule is COc1ccc(CC2CCN(Cc3cnc(NC(C)=O)s3)C2)nc1. The molecule has 3 heterocycles. The summed E-state index contributed by atoms with van der Waals surface area (Å²) in [7, 11) is 1.66. The van der Waals surface area contributed by atoms with Crippen molar-refractivity contribution < 1.29 is 9.53 Å². The number of nitrogens with one attached hydrogen (secondary N) is 1. The molecule has 128 valence electrons. The predicted molar refractivity (Wildman–Crippen MR) is 94.3 cm³/mol. The fraction of sp³-hybridized carbons (Fsp3) is 0.471. The first kappa shape index (κ1) is 16.9. The molecule has 1 aliphatic heterocycles. The molecule has 1 fully saturated rings. The summed E-state index contributed by atoms with van der Waals surface area (Å²) in [6, 6.07) is 4.01. The van der Waals surface area contributed by atoms with Gasteiger partial charge in [0.05, 0.1) is 13.3 Å². The predicted octanol–water partition coefficient (Wildman–Crippen LogP) is 2.57. The van der Waals surface area contributed by atoms with Crippen molar-refractivity contribution in [3.8, 4) is 5.75 Å². The van der Waals surface area contributed by atoms with Gasteiger partial charge >= 0.3 is 0 Å². The molecular weight excluding hydrogens is 324 g/mol. The summed E-state index contributed by atoms with van der Waals surface area (Å²) in [5, 5.41) is 3.41. The number of methoxy groups -OCH3 is 1. The van der Waals surface area contributed by atoms with Crippen molar-refractivity contribution >= 4 is 22.4 Å². The quantitative estimate of drug-likeness (QED) is 0.871. The van der Waals surface area contributed by atoms with E-state index in [1.807, 2.05) is 18.3 Å². The van der Waals surface area contributed by atoms with Crippen LogP contribution in [0.5, 0.6) is 5.75 Å². The van der Waals surface area contributed by atoms with Gasteiger partial charge in [-0.25, -0.2) is 4.98 Å². The van der Waals surface area contributed by atoms with Crippen LogP contribution in [0.4, 0.5) is 5.13 Å². The number of amides is 1. The van der Waals surface area contributed by atoms with Crippen LogP contribution in [0.3, 0.4) is 0 Å². The van der Waals surface area contributed by atoms with Gasteiger partial charge in [-0.15, -0.1) is 11.3 Å². The molecule has 0 radical (unpaired) electrons. The Balaban J connectivity index is 1.49. The number of hydrogen-bond donors (Lipinski definition) is 1. The van der Waals surface area contributed by atoms with Crippen LogP contribution in [-0.2, 0) is 17.8 Å². The van der Waals surface area contributed by atoms with E-state index in [4.69, 9.17) is 4.74 Å². The zero-order valence-corrected chi connectivity index (χ0v) is 14.8. The lowest BCUT2D eigenvalue weighted by Gasteiger charge is -2.14. The number of pyridine rings is 1. The van der Waals surface area contributed by atoms with Crippen LogP contribution in [0.2, 0.25) is 0 Å². The lowest BCUT2D eigenvalue weighted by Crippen LogP contribution is -2.20. The second kappa shape index (κ2) is 7.72. The van der Waals surface area contributed by atoms with Crippen LogP contribution in [0.15, 0.2) is 24.5 Å².